The maximum Gasteiger partial charge on any atom is 2.00 e. The minimum atomic E-state index is 0. The Balaban J connectivity index is 0.00000131. The van der Waals surface area contributed by atoms with Crippen LogP contribution in [0.5, 0.6) is 0 Å². The van der Waals surface area contributed by atoms with Gasteiger partial charge in [0.15, 0.2) is 0 Å². The van der Waals surface area contributed by atoms with Gasteiger partial charge in [-0.15, -0.1) is 21.6 Å². The normalized spacial score (nSPS) is 10.1. The van der Waals surface area contributed by atoms with Crippen LogP contribution in [0.15, 0.2) is 72.8 Å². The maximum absolute atomic E-state index is 3.16. The molecule has 0 aliphatic heterocycles. The van der Waals surface area contributed by atoms with Gasteiger partial charge in [0.25, 0.3) is 0 Å². The van der Waals surface area contributed by atoms with Gasteiger partial charge >= 0.3 is 19.5 Å². The summed E-state index contributed by atoms with van der Waals surface area (Å²) < 4.78 is 0. The Morgan fingerprint density at radius 3 is 1.89 bits per heavy atom. The molecule has 0 N–H and O–H groups in total. The van der Waals surface area contributed by atoms with E-state index in [4.69, 9.17) is 0 Å². The second kappa shape index (κ2) is 10.3. The zero-order chi connectivity index (χ0) is 17.1. The van der Waals surface area contributed by atoms with E-state index in [1.165, 1.54) is 43.3 Å². The Kier molecular flexibility index (Phi) is 8.44. The summed E-state index contributed by atoms with van der Waals surface area (Å²) in [6.45, 7) is 2.22. The molecule has 0 nitrogen and oxygen atoms in total. The summed E-state index contributed by atoms with van der Waals surface area (Å²) >= 11 is 3.52. The molecular formula is C23H19ClS2Zn. The number of hydrogen-bond acceptors (Lipinski definition) is 2. The fourth-order valence-corrected chi connectivity index (χ4v) is 4.73. The molecule has 0 saturated carbocycles. The van der Waals surface area contributed by atoms with Crippen LogP contribution < -0.4 is 12.4 Å². The molecule has 0 atom stereocenters. The van der Waals surface area contributed by atoms with Gasteiger partial charge in [0.1, 0.15) is 0 Å². The van der Waals surface area contributed by atoms with Crippen molar-refractivity contribution in [2.24, 2.45) is 0 Å². The van der Waals surface area contributed by atoms with E-state index in [1.54, 1.807) is 11.3 Å². The third-order valence-electron chi connectivity index (χ3n) is 4.32. The van der Waals surface area contributed by atoms with Crippen LogP contribution in [0.3, 0.4) is 0 Å². The molecule has 0 aliphatic carbocycles. The van der Waals surface area contributed by atoms with Gasteiger partial charge in [0.2, 0.25) is 0 Å². The van der Waals surface area contributed by atoms with E-state index >= 15 is 0 Å². The first-order chi connectivity index (χ1) is 12.3. The van der Waals surface area contributed by atoms with Gasteiger partial charge < -0.3 is 12.4 Å². The molecule has 27 heavy (non-hydrogen) atoms. The quantitative estimate of drug-likeness (QED) is 0.303. The zero-order valence-electron chi connectivity index (χ0n) is 15.2. The molecule has 0 unspecified atom stereocenters. The second-order valence-electron chi connectivity index (χ2n) is 6.11. The van der Waals surface area contributed by atoms with Crippen LogP contribution in [-0.4, -0.2) is 0 Å². The predicted octanol–water partition coefficient (Wildman–Crippen LogP) is 4.56. The van der Waals surface area contributed by atoms with Gasteiger partial charge in [-0.05, 0) is 39.6 Å². The fraction of sp³-hybridized carbons (Fsp3) is 0.130. The van der Waals surface area contributed by atoms with Crippen LogP contribution in [0.2, 0.25) is 0 Å². The third kappa shape index (κ3) is 5.18. The molecule has 2 aromatic carbocycles. The predicted molar refractivity (Wildman–Crippen MR) is 111 cm³/mol. The van der Waals surface area contributed by atoms with Crippen LogP contribution in [0.25, 0.3) is 31.3 Å². The largest absolute Gasteiger partial charge is 2.00 e. The second-order valence-corrected chi connectivity index (χ2v) is 8.07. The van der Waals surface area contributed by atoms with Crippen molar-refractivity contribution in [1.29, 1.82) is 0 Å². The van der Waals surface area contributed by atoms with Gasteiger partial charge in [-0.25, -0.2) is 0 Å². The van der Waals surface area contributed by atoms with Gasteiger partial charge in [-0.1, -0.05) is 67.9 Å². The summed E-state index contributed by atoms with van der Waals surface area (Å²) in [6, 6.07) is 26.4. The molecular weight excluding hydrogens is 441 g/mol. The van der Waals surface area contributed by atoms with E-state index in [2.05, 4.69) is 79.0 Å². The zero-order valence-corrected chi connectivity index (χ0v) is 20.6. The van der Waals surface area contributed by atoms with Crippen molar-refractivity contribution in [3.05, 3.63) is 83.7 Å². The minimum Gasteiger partial charge on any atom is -1.00 e. The first kappa shape index (κ1) is 22.0. The molecule has 2 aromatic heterocycles. The number of aryl methyl sites for hydroxylation is 1. The van der Waals surface area contributed by atoms with E-state index in [1.807, 2.05) is 17.4 Å². The van der Waals surface area contributed by atoms with Crippen LogP contribution in [0.1, 0.15) is 18.9 Å². The molecule has 4 rings (SSSR count). The van der Waals surface area contributed by atoms with Crippen LogP contribution in [0, 0.1) is 5.38 Å². The molecule has 0 saturated heterocycles. The van der Waals surface area contributed by atoms with Crippen LogP contribution in [-0.2, 0) is 25.9 Å². The van der Waals surface area contributed by atoms with Gasteiger partial charge in [-0.3, -0.25) is 11.3 Å². The summed E-state index contributed by atoms with van der Waals surface area (Å²) in [4.78, 5) is 3.92. The number of benzene rings is 2. The fourth-order valence-electron chi connectivity index (χ4n) is 2.98. The molecule has 2 heterocycles. The van der Waals surface area contributed by atoms with E-state index < -0.39 is 0 Å². The average Bonchev–Trinajstić information content (AvgIpc) is 3.34. The summed E-state index contributed by atoms with van der Waals surface area (Å²) in [7, 11) is 0. The SMILES string of the molecule is CCCc1ccc(-c2ccc(-c3ccc(-c4cc[c-]s4)s3)cc2)cc1.[Cl-].[Zn+2]. The van der Waals surface area contributed by atoms with Crippen molar-refractivity contribution in [2.75, 3.05) is 0 Å². The number of thiophene rings is 2. The molecule has 132 valence electrons. The molecule has 0 spiro atoms. The summed E-state index contributed by atoms with van der Waals surface area (Å²) in [6.07, 6.45) is 2.35. The first-order valence-corrected chi connectivity index (χ1v) is 10.2. The summed E-state index contributed by atoms with van der Waals surface area (Å²) in [5.41, 5.74) is 5.26. The maximum atomic E-state index is 3.16. The van der Waals surface area contributed by atoms with E-state index in [-0.39, 0.29) is 31.9 Å². The Morgan fingerprint density at radius 2 is 1.30 bits per heavy atom. The van der Waals surface area contributed by atoms with Crippen molar-refractivity contribution in [2.45, 2.75) is 19.8 Å². The summed E-state index contributed by atoms with van der Waals surface area (Å²) in [5.74, 6) is 0. The number of rotatable bonds is 5. The van der Waals surface area contributed by atoms with Gasteiger partial charge in [-0.2, -0.15) is 12.1 Å². The van der Waals surface area contributed by atoms with E-state index in [0.717, 1.165) is 6.42 Å². The van der Waals surface area contributed by atoms with E-state index in [9.17, 15) is 0 Å². The van der Waals surface area contributed by atoms with Gasteiger partial charge in [0.05, 0.1) is 0 Å². The van der Waals surface area contributed by atoms with Crippen molar-refractivity contribution in [3.8, 4) is 31.3 Å². The van der Waals surface area contributed by atoms with Crippen LogP contribution in [0.4, 0.5) is 0 Å². The molecule has 4 aromatic rings. The van der Waals surface area contributed by atoms with Gasteiger partial charge in [0, 0.05) is 4.88 Å². The molecule has 0 fully saturated rings. The molecule has 0 radical (unpaired) electrons. The first-order valence-electron chi connectivity index (χ1n) is 8.59. The van der Waals surface area contributed by atoms with Crippen molar-refractivity contribution < 1.29 is 31.9 Å². The van der Waals surface area contributed by atoms with Crippen molar-refractivity contribution in [3.63, 3.8) is 0 Å². The smallest absolute Gasteiger partial charge is 1.00 e. The molecule has 0 amide bonds. The van der Waals surface area contributed by atoms with Crippen molar-refractivity contribution >= 4 is 22.7 Å². The Labute approximate surface area is 188 Å². The Morgan fingerprint density at radius 1 is 0.704 bits per heavy atom. The molecule has 0 bridgehead atoms. The minimum absolute atomic E-state index is 0. The average molecular weight is 460 g/mol. The molecule has 4 heteroatoms. The van der Waals surface area contributed by atoms with E-state index in [0.29, 0.717) is 0 Å². The monoisotopic (exact) mass is 458 g/mol. The standard InChI is InChI=1S/C23H19S2.ClH.Zn/c1-2-4-17-6-8-18(9-7-17)19-10-12-20(13-11-19)21-14-15-23(25-21)22-5-3-16-24-22;;/h3,5-15H,2,4H2,1H3;1H;/q-1;;+2/p-1. The number of hydrogen-bond donors (Lipinski definition) is 0. The Hall–Kier alpha value is -1.25. The third-order valence-corrected chi connectivity index (χ3v) is 6.44. The Bertz CT molecular complexity index is 939. The topological polar surface area (TPSA) is 0 Å². The number of halogens is 1. The van der Waals surface area contributed by atoms with Crippen LogP contribution >= 0.6 is 22.7 Å². The molecule has 0 aliphatic rings. The van der Waals surface area contributed by atoms with Crippen molar-refractivity contribution in [1.82, 2.24) is 0 Å². The summed E-state index contributed by atoms with van der Waals surface area (Å²) in [5, 5.41) is 3.16.